The van der Waals surface area contributed by atoms with E-state index in [4.69, 9.17) is 4.52 Å². The first-order valence-corrected chi connectivity index (χ1v) is 7.79. The van der Waals surface area contributed by atoms with Crippen LogP contribution in [0, 0.1) is 6.92 Å². The van der Waals surface area contributed by atoms with Crippen molar-refractivity contribution in [2.45, 2.75) is 13.5 Å². The van der Waals surface area contributed by atoms with Crippen LogP contribution in [0.4, 0.5) is 4.79 Å². The molecule has 3 heterocycles. The number of urea groups is 1. The summed E-state index contributed by atoms with van der Waals surface area (Å²) in [7, 11) is 0. The zero-order valence-electron chi connectivity index (χ0n) is 13.4. The van der Waals surface area contributed by atoms with Crippen molar-refractivity contribution in [3.05, 3.63) is 47.6 Å². The summed E-state index contributed by atoms with van der Waals surface area (Å²) in [5.74, 6) is 0.512. The van der Waals surface area contributed by atoms with Crippen molar-refractivity contribution < 1.29 is 14.1 Å². The van der Waals surface area contributed by atoms with Crippen molar-refractivity contribution in [1.82, 2.24) is 25.3 Å². The third-order valence-corrected chi connectivity index (χ3v) is 3.83. The predicted molar refractivity (Wildman–Crippen MR) is 85.2 cm³/mol. The second-order valence-corrected chi connectivity index (χ2v) is 5.59. The van der Waals surface area contributed by atoms with Crippen LogP contribution in [-0.4, -0.2) is 58.1 Å². The predicted octanol–water partition coefficient (Wildman–Crippen LogP) is 1.05. The molecule has 1 N–H and O–H groups in total. The Hall–Kier alpha value is -2.90. The summed E-state index contributed by atoms with van der Waals surface area (Å²) in [6.07, 6.45) is 1.60. The Morgan fingerprint density at radius 2 is 1.96 bits per heavy atom. The van der Waals surface area contributed by atoms with E-state index in [1.54, 1.807) is 40.3 Å². The molecule has 0 aromatic carbocycles. The van der Waals surface area contributed by atoms with E-state index in [9.17, 15) is 9.59 Å². The lowest BCUT2D eigenvalue weighted by molar-refractivity contribution is 0.0659. The molecule has 1 aliphatic rings. The van der Waals surface area contributed by atoms with Crippen molar-refractivity contribution in [1.29, 1.82) is 0 Å². The van der Waals surface area contributed by atoms with Crippen LogP contribution in [0.1, 0.15) is 21.9 Å². The molecule has 0 atom stereocenters. The van der Waals surface area contributed by atoms with Crippen LogP contribution >= 0.6 is 0 Å². The van der Waals surface area contributed by atoms with Crippen LogP contribution in [-0.2, 0) is 6.54 Å². The van der Waals surface area contributed by atoms with Crippen LogP contribution < -0.4 is 5.32 Å². The third kappa shape index (κ3) is 3.70. The Kier molecular flexibility index (Phi) is 4.74. The lowest BCUT2D eigenvalue weighted by atomic mass is 10.2. The Morgan fingerprint density at radius 3 is 2.58 bits per heavy atom. The molecule has 0 saturated carbocycles. The van der Waals surface area contributed by atoms with Gasteiger partial charge in [0.25, 0.3) is 5.91 Å². The molecule has 0 spiro atoms. The highest BCUT2D eigenvalue weighted by Crippen LogP contribution is 2.08. The lowest BCUT2D eigenvalue weighted by Gasteiger charge is -2.34. The van der Waals surface area contributed by atoms with E-state index in [-0.39, 0.29) is 11.9 Å². The Balaban J connectivity index is 1.47. The molecular formula is C16H19N5O3. The number of rotatable bonds is 3. The number of amides is 3. The molecule has 3 rings (SSSR count). The summed E-state index contributed by atoms with van der Waals surface area (Å²) in [5.41, 5.74) is 1.21. The van der Waals surface area contributed by atoms with Crippen molar-refractivity contribution in [2.24, 2.45) is 0 Å². The summed E-state index contributed by atoms with van der Waals surface area (Å²) >= 11 is 0. The smallest absolute Gasteiger partial charge is 0.317 e. The highest BCUT2D eigenvalue weighted by molar-refractivity contribution is 5.92. The standard InChI is InChI=1S/C16H19N5O3/c1-12-10-13(24-19-12)11-18-16(23)21-8-6-20(7-9-21)15(22)14-4-2-3-5-17-14/h2-5,10H,6-9,11H2,1H3,(H,18,23). The highest BCUT2D eigenvalue weighted by atomic mass is 16.5. The van der Waals surface area contributed by atoms with Gasteiger partial charge in [0.1, 0.15) is 5.69 Å². The number of pyridine rings is 1. The number of aryl methyl sites for hydroxylation is 1. The maximum absolute atomic E-state index is 12.3. The molecule has 0 bridgehead atoms. The summed E-state index contributed by atoms with van der Waals surface area (Å²) in [5, 5.41) is 6.57. The van der Waals surface area contributed by atoms with Crippen molar-refractivity contribution in [3.8, 4) is 0 Å². The second kappa shape index (κ2) is 7.12. The number of hydrogen-bond donors (Lipinski definition) is 1. The van der Waals surface area contributed by atoms with Gasteiger partial charge in [0.05, 0.1) is 12.2 Å². The van der Waals surface area contributed by atoms with E-state index in [2.05, 4.69) is 15.5 Å². The zero-order chi connectivity index (χ0) is 16.9. The zero-order valence-corrected chi connectivity index (χ0v) is 13.4. The largest absolute Gasteiger partial charge is 0.359 e. The van der Waals surface area contributed by atoms with Gasteiger partial charge < -0.3 is 19.6 Å². The first-order valence-electron chi connectivity index (χ1n) is 7.79. The van der Waals surface area contributed by atoms with Gasteiger partial charge in [-0.3, -0.25) is 9.78 Å². The van der Waals surface area contributed by atoms with Crippen LogP contribution in [0.5, 0.6) is 0 Å². The van der Waals surface area contributed by atoms with Crippen LogP contribution in [0.25, 0.3) is 0 Å². The van der Waals surface area contributed by atoms with Gasteiger partial charge in [-0.25, -0.2) is 4.79 Å². The van der Waals surface area contributed by atoms with Crippen LogP contribution in [0.3, 0.4) is 0 Å². The minimum absolute atomic E-state index is 0.104. The van der Waals surface area contributed by atoms with E-state index < -0.39 is 0 Å². The van der Waals surface area contributed by atoms with E-state index in [1.807, 2.05) is 6.92 Å². The summed E-state index contributed by atoms with van der Waals surface area (Å²) in [6.45, 7) is 4.08. The minimum atomic E-state index is -0.172. The first-order chi connectivity index (χ1) is 11.6. The van der Waals surface area contributed by atoms with Gasteiger partial charge in [-0.15, -0.1) is 0 Å². The summed E-state index contributed by atoms with van der Waals surface area (Å²) in [4.78, 5) is 31.9. The molecule has 126 valence electrons. The average Bonchev–Trinajstić information content (AvgIpc) is 3.05. The van der Waals surface area contributed by atoms with Gasteiger partial charge >= 0.3 is 6.03 Å². The van der Waals surface area contributed by atoms with Crippen LogP contribution in [0.2, 0.25) is 0 Å². The molecule has 1 fully saturated rings. The maximum Gasteiger partial charge on any atom is 0.317 e. The first kappa shape index (κ1) is 16.0. The second-order valence-electron chi connectivity index (χ2n) is 5.59. The fourth-order valence-electron chi connectivity index (χ4n) is 2.54. The monoisotopic (exact) mass is 329 g/mol. The molecule has 2 aromatic rings. The molecule has 2 aromatic heterocycles. The molecule has 0 unspecified atom stereocenters. The maximum atomic E-state index is 12.3. The number of hydrogen-bond acceptors (Lipinski definition) is 5. The topological polar surface area (TPSA) is 91.6 Å². The number of nitrogens with zero attached hydrogens (tertiary/aromatic N) is 4. The third-order valence-electron chi connectivity index (χ3n) is 3.83. The summed E-state index contributed by atoms with van der Waals surface area (Å²) in [6, 6.07) is 6.86. The number of carbonyl (C=O) groups excluding carboxylic acids is 2. The fraction of sp³-hybridized carbons (Fsp3) is 0.375. The normalized spacial score (nSPS) is 14.5. The van der Waals surface area contributed by atoms with Crippen molar-refractivity contribution >= 4 is 11.9 Å². The van der Waals surface area contributed by atoms with Crippen molar-refractivity contribution in [2.75, 3.05) is 26.2 Å². The SMILES string of the molecule is Cc1cc(CNC(=O)N2CCN(C(=O)c3ccccn3)CC2)on1. The molecule has 1 aliphatic heterocycles. The average molecular weight is 329 g/mol. The Bertz CT molecular complexity index is 708. The van der Waals surface area contributed by atoms with Gasteiger partial charge in [0, 0.05) is 38.4 Å². The molecule has 3 amide bonds. The molecule has 0 radical (unpaired) electrons. The number of carbonyl (C=O) groups is 2. The van der Waals surface area contributed by atoms with Gasteiger partial charge in [-0.05, 0) is 19.1 Å². The number of aromatic nitrogens is 2. The molecule has 8 nitrogen and oxygen atoms in total. The summed E-state index contributed by atoms with van der Waals surface area (Å²) < 4.78 is 5.06. The molecule has 8 heteroatoms. The fourth-order valence-corrected chi connectivity index (χ4v) is 2.54. The van der Waals surface area contributed by atoms with Gasteiger partial charge in [0.2, 0.25) is 0 Å². The van der Waals surface area contributed by atoms with Crippen LogP contribution in [0.15, 0.2) is 35.0 Å². The lowest BCUT2D eigenvalue weighted by Crippen LogP contribution is -2.53. The Morgan fingerprint density at radius 1 is 1.21 bits per heavy atom. The van der Waals surface area contributed by atoms with E-state index in [1.165, 1.54) is 0 Å². The van der Waals surface area contributed by atoms with E-state index in [0.29, 0.717) is 44.2 Å². The molecule has 1 saturated heterocycles. The van der Waals surface area contributed by atoms with E-state index in [0.717, 1.165) is 5.69 Å². The molecule has 24 heavy (non-hydrogen) atoms. The van der Waals surface area contributed by atoms with Gasteiger partial charge in [-0.2, -0.15) is 0 Å². The molecular weight excluding hydrogens is 310 g/mol. The quantitative estimate of drug-likeness (QED) is 0.908. The number of nitrogens with one attached hydrogen (secondary N) is 1. The van der Waals surface area contributed by atoms with Gasteiger partial charge in [0.15, 0.2) is 5.76 Å². The number of piperazine rings is 1. The highest BCUT2D eigenvalue weighted by Gasteiger charge is 2.25. The van der Waals surface area contributed by atoms with Crippen molar-refractivity contribution in [3.63, 3.8) is 0 Å². The molecule has 0 aliphatic carbocycles. The van der Waals surface area contributed by atoms with E-state index >= 15 is 0 Å². The minimum Gasteiger partial charge on any atom is -0.359 e. The van der Waals surface area contributed by atoms with Gasteiger partial charge in [-0.1, -0.05) is 11.2 Å². The Labute approximate surface area is 139 Å².